The first-order valence-electron chi connectivity index (χ1n) is 20.3. The average molecular weight is 781 g/mol. The molecular formula is C55H32N4S. The van der Waals surface area contributed by atoms with E-state index in [0.29, 0.717) is 17.6 Å². The summed E-state index contributed by atoms with van der Waals surface area (Å²) < 4.78 is 4.89. The topological polar surface area (TPSA) is 43.6 Å². The van der Waals surface area contributed by atoms with Crippen molar-refractivity contribution in [3.05, 3.63) is 194 Å². The highest BCUT2D eigenvalue weighted by Crippen LogP contribution is 2.44. The number of para-hydroxylation sites is 1. The van der Waals surface area contributed by atoms with E-state index in [4.69, 9.17) is 15.0 Å². The molecular weight excluding hydrogens is 749 g/mol. The Morgan fingerprint density at radius 1 is 0.333 bits per heavy atom. The van der Waals surface area contributed by atoms with Gasteiger partial charge in [0.25, 0.3) is 0 Å². The number of benzene rings is 10. The Bertz CT molecular complexity index is 3820. The van der Waals surface area contributed by atoms with E-state index >= 15 is 0 Å². The van der Waals surface area contributed by atoms with Crippen molar-refractivity contribution in [2.24, 2.45) is 0 Å². The zero-order valence-corrected chi connectivity index (χ0v) is 33.0. The Morgan fingerprint density at radius 2 is 0.867 bits per heavy atom. The molecule has 3 heterocycles. The monoisotopic (exact) mass is 780 g/mol. The maximum Gasteiger partial charge on any atom is 0.238 e. The second kappa shape index (κ2) is 12.9. The molecule has 0 aliphatic rings. The summed E-state index contributed by atoms with van der Waals surface area (Å²) in [5.41, 5.74) is 6.28. The molecule has 0 saturated carbocycles. The van der Waals surface area contributed by atoms with Gasteiger partial charge in [-0.25, -0.2) is 4.98 Å². The smallest absolute Gasteiger partial charge is 0.238 e. The molecule has 0 saturated heterocycles. The van der Waals surface area contributed by atoms with E-state index in [-0.39, 0.29) is 0 Å². The van der Waals surface area contributed by atoms with Gasteiger partial charge in [-0.3, -0.25) is 4.57 Å². The second-order valence-electron chi connectivity index (χ2n) is 15.6. The fourth-order valence-corrected chi connectivity index (χ4v) is 10.5. The molecule has 0 aliphatic carbocycles. The van der Waals surface area contributed by atoms with Gasteiger partial charge < -0.3 is 0 Å². The third kappa shape index (κ3) is 5.06. The number of hydrogen-bond donors (Lipinski definition) is 0. The summed E-state index contributed by atoms with van der Waals surface area (Å²) in [6.07, 6.45) is 0. The number of hydrogen-bond acceptors (Lipinski definition) is 4. The van der Waals surface area contributed by atoms with Gasteiger partial charge in [0.2, 0.25) is 5.95 Å². The number of rotatable bonds is 4. The van der Waals surface area contributed by atoms with E-state index in [2.05, 4.69) is 199 Å². The van der Waals surface area contributed by atoms with Gasteiger partial charge in [0.05, 0.1) is 11.0 Å². The minimum atomic E-state index is 0.577. The molecule has 60 heavy (non-hydrogen) atoms. The minimum absolute atomic E-state index is 0.577. The summed E-state index contributed by atoms with van der Waals surface area (Å²) in [6.45, 7) is 0. The van der Waals surface area contributed by atoms with Crippen LogP contribution in [0.4, 0.5) is 0 Å². The van der Waals surface area contributed by atoms with Gasteiger partial charge in [0.15, 0.2) is 11.6 Å². The molecule has 4 nitrogen and oxygen atoms in total. The molecule has 3 aromatic heterocycles. The third-order valence-electron chi connectivity index (χ3n) is 12.2. The van der Waals surface area contributed by atoms with Gasteiger partial charge in [0, 0.05) is 53.0 Å². The van der Waals surface area contributed by atoms with Crippen molar-refractivity contribution in [3.63, 3.8) is 0 Å². The van der Waals surface area contributed by atoms with Gasteiger partial charge in [-0.15, -0.1) is 11.3 Å². The SMILES string of the molecule is c1ccc2cc(-c3nc(-c4ccc5ccccc5c4)nc(-n4c5c(-c6ccc7sc8ccc9ccccc9c8c7c6)cccc5c5ccc6ccccc6c54)n3)ccc2c1. The van der Waals surface area contributed by atoms with Crippen molar-refractivity contribution in [1.29, 1.82) is 0 Å². The molecule has 13 rings (SSSR count). The number of thiophene rings is 1. The zero-order valence-electron chi connectivity index (χ0n) is 32.2. The molecule has 0 spiro atoms. The first-order chi connectivity index (χ1) is 29.7. The van der Waals surface area contributed by atoms with E-state index < -0.39 is 0 Å². The molecule has 5 heteroatoms. The van der Waals surface area contributed by atoms with Crippen molar-refractivity contribution >= 4 is 96.4 Å². The molecule has 278 valence electrons. The Morgan fingerprint density at radius 3 is 1.58 bits per heavy atom. The summed E-state index contributed by atoms with van der Waals surface area (Å²) in [5.74, 6) is 1.83. The molecule has 0 aliphatic heterocycles. The highest BCUT2D eigenvalue weighted by molar-refractivity contribution is 7.26. The van der Waals surface area contributed by atoms with Crippen LogP contribution in [0, 0.1) is 0 Å². The Balaban J connectivity index is 1.14. The highest BCUT2D eigenvalue weighted by Gasteiger charge is 2.23. The Hall–Kier alpha value is -7.73. The summed E-state index contributed by atoms with van der Waals surface area (Å²) in [4.78, 5) is 16.1. The van der Waals surface area contributed by atoms with E-state index in [9.17, 15) is 0 Å². The van der Waals surface area contributed by atoms with Crippen LogP contribution in [0.3, 0.4) is 0 Å². The number of aromatic nitrogens is 4. The van der Waals surface area contributed by atoms with Gasteiger partial charge in [0.1, 0.15) is 0 Å². The summed E-state index contributed by atoms with van der Waals surface area (Å²) in [6, 6.07) is 69.9. The predicted octanol–water partition coefficient (Wildman–Crippen LogP) is 15.0. The van der Waals surface area contributed by atoms with E-state index in [1.165, 1.54) is 41.7 Å². The predicted molar refractivity (Wildman–Crippen MR) is 253 cm³/mol. The molecule has 10 aromatic carbocycles. The summed E-state index contributed by atoms with van der Waals surface area (Å²) in [5, 5.41) is 14.3. The van der Waals surface area contributed by atoms with Crippen molar-refractivity contribution < 1.29 is 0 Å². The molecule has 0 amide bonds. The molecule has 13 aromatic rings. The molecule has 0 fully saturated rings. The Kier molecular flexibility index (Phi) is 7.14. The molecule has 0 unspecified atom stereocenters. The van der Waals surface area contributed by atoms with Crippen LogP contribution < -0.4 is 0 Å². The van der Waals surface area contributed by atoms with Crippen LogP contribution in [0.15, 0.2) is 194 Å². The molecule has 0 radical (unpaired) electrons. The summed E-state index contributed by atoms with van der Waals surface area (Å²) >= 11 is 1.86. The van der Waals surface area contributed by atoms with E-state index in [1.807, 2.05) is 11.3 Å². The fourth-order valence-electron chi connectivity index (χ4n) is 9.35. The summed E-state index contributed by atoms with van der Waals surface area (Å²) in [7, 11) is 0. The molecule has 0 atom stereocenters. The van der Waals surface area contributed by atoms with Crippen LogP contribution in [0.25, 0.3) is 125 Å². The van der Waals surface area contributed by atoms with Crippen LogP contribution in [0.1, 0.15) is 0 Å². The maximum absolute atomic E-state index is 5.44. The maximum atomic E-state index is 5.44. The Labute approximate surface area is 348 Å². The lowest BCUT2D eigenvalue weighted by atomic mass is 9.98. The standard InChI is InChI=1S/C55H32N4S/c1-3-14-37-30-40(22-20-33(37)10-1)53-56-54(41-23-21-34-11-2-4-15-38(34)31-41)58-55(57-53)59-51-43-17-8-6-13-36(43)24-27-46(51)45-19-9-18-44(52(45)59)39-26-28-48-47(32-39)50-42-16-7-5-12-35(42)25-29-49(50)60-48/h1-32H. The number of fused-ring (bicyclic) bond motifs is 12. The van der Waals surface area contributed by atoms with Crippen LogP contribution in [0.2, 0.25) is 0 Å². The lowest BCUT2D eigenvalue weighted by molar-refractivity contribution is 0.956. The molecule has 0 N–H and O–H groups in total. The van der Waals surface area contributed by atoms with Gasteiger partial charge in [-0.2, -0.15) is 9.97 Å². The van der Waals surface area contributed by atoms with Gasteiger partial charge in [-0.1, -0.05) is 164 Å². The van der Waals surface area contributed by atoms with Gasteiger partial charge in [-0.05, 0) is 73.6 Å². The van der Waals surface area contributed by atoms with Gasteiger partial charge >= 0.3 is 0 Å². The third-order valence-corrected chi connectivity index (χ3v) is 13.3. The minimum Gasteiger partial charge on any atom is -0.277 e. The van der Waals surface area contributed by atoms with E-state index in [1.54, 1.807) is 0 Å². The molecule has 0 bridgehead atoms. The average Bonchev–Trinajstić information content (AvgIpc) is 3.87. The number of nitrogens with zero attached hydrogens (tertiary/aromatic N) is 4. The normalized spacial score (nSPS) is 12.0. The van der Waals surface area contributed by atoms with Crippen LogP contribution >= 0.6 is 11.3 Å². The van der Waals surface area contributed by atoms with Crippen molar-refractivity contribution in [3.8, 4) is 39.9 Å². The first-order valence-corrected chi connectivity index (χ1v) is 21.1. The largest absolute Gasteiger partial charge is 0.277 e. The van der Waals surface area contributed by atoms with Crippen LogP contribution in [-0.2, 0) is 0 Å². The zero-order chi connectivity index (χ0) is 39.3. The fraction of sp³-hybridized carbons (Fsp3) is 0. The second-order valence-corrected chi connectivity index (χ2v) is 16.7. The van der Waals surface area contributed by atoms with Crippen molar-refractivity contribution in [2.75, 3.05) is 0 Å². The van der Waals surface area contributed by atoms with Crippen LogP contribution in [0.5, 0.6) is 0 Å². The van der Waals surface area contributed by atoms with Crippen molar-refractivity contribution in [1.82, 2.24) is 19.5 Å². The lowest BCUT2D eigenvalue weighted by Crippen LogP contribution is -2.07. The van der Waals surface area contributed by atoms with Crippen molar-refractivity contribution in [2.45, 2.75) is 0 Å². The quantitative estimate of drug-likeness (QED) is 0.179. The lowest BCUT2D eigenvalue weighted by Gasteiger charge is -2.14. The first kappa shape index (κ1) is 33.3. The van der Waals surface area contributed by atoms with E-state index in [0.717, 1.165) is 65.6 Å². The van der Waals surface area contributed by atoms with Crippen LogP contribution in [-0.4, -0.2) is 19.5 Å². The highest BCUT2D eigenvalue weighted by atomic mass is 32.1.